The number of hydrogen-bond donors (Lipinski definition) is 0. The maximum absolute atomic E-state index is 12.6. The van der Waals surface area contributed by atoms with Crippen LogP contribution in [0, 0.1) is 0 Å². The van der Waals surface area contributed by atoms with E-state index < -0.39 is 12.1 Å². The van der Waals surface area contributed by atoms with Gasteiger partial charge in [0.15, 0.2) is 0 Å². The molecule has 2 atom stereocenters. The van der Waals surface area contributed by atoms with Crippen molar-refractivity contribution in [2.24, 2.45) is 5.11 Å². The fraction of sp³-hybridized carbons (Fsp3) is 0.350. The number of azide groups is 1. The van der Waals surface area contributed by atoms with Crippen molar-refractivity contribution < 1.29 is 9.53 Å². The van der Waals surface area contributed by atoms with Gasteiger partial charge in [0.05, 0.1) is 29.4 Å². The number of piperazine rings is 1. The van der Waals surface area contributed by atoms with Crippen LogP contribution in [-0.2, 0) is 4.74 Å². The molecule has 0 aliphatic carbocycles. The predicted octanol–water partition coefficient (Wildman–Crippen LogP) is 6.35. The van der Waals surface area contributed by atoms with Crippen molar-refractivity contribution in [1.82, 2.24) is 4.90 Å². The van der Waals surface area contributed by atoms with Gasteiger partial charge in [-0.25, -0.2) is 4.79 Å². The van der Waals surface area contributed by atoms with Crippen LogP contribution < -0.4 is 4.90 Å². The summed E-state index contributed by atoms with van der Waals surface area (Å²) in [5.74, 6) is 0. The molecule has 0 N–H and O–H groups in total. The van der Waals surface area contributed by atoms with E-state index in [2.05, 4.69) is 14.9 Å². The van der Waals surface area contributed by atoms with Crippen molar-refractivity contribution in [3.8, 4) is 0 Å². The number of nitrogens with zero attached hydrogens (tertiary/aromatic N) is 5. The Kier molecular flexibility index (Phi) is 7.56. The minimum Gasteiger partial charge on any atom is -0.450 e. The van der Waals surface area contributed by atoms with Gasteiger partial charge >= 0.3 is 6.09 Å². The Morgan fingerprint density at radius 2 is 1.87 bits per heavy atom. The first-order valence-corrected chi connectivity index (χ1v) is 10.5. The number of carbonyl (C=O) groups excluding carboxylic acids is 1. The molecule has 0 radical (unpaired) electrons. The molecule has 30 heavy (non-hydrogen) atoms. The molecule has 2 aromatic carbocycles. The fourth-order valence-electron chi connectivity index (χ4n) is 3.70. The molecule has 1 aliphatic heterocycles. The van der Waals surface area contributed by atoms with Gasteiger partial charge in [0, 0.05) is 34.6 Å². The summed E-state index contributed by atoms with van der Waals surface area (Å²) in [6, 6.07) is 11.8. The van der Waals surface area contributed by atoms with Gasteiger partial charge in [-0.2, -0.15) is 0 Å². The lowest BCUT2D eigenvalue weighted by Gasteiger charge is -2.48. The molecule has 10 heteroatoms. The summed E-state index contributed by atoms with van der Waals surface area (Å²) < 4.78 is 5.24. The number of rotatable bonds is 5. The second-order valence-corrected chi connectivity index (χ2v) is 7.94. The first kappa shape index (κ1) is 22.4. The van der Waals surface area contributed by atoms with Crippen LogP contribution in [-0.4, -0.2) is 43.3 Å². The molecule has 1 heterocycles. The molecular formula is C20H20Cl3N5O2. The third kappa shape index (κ3) is 4.87. The maximum atomic E-state index is 12.6. The second kappa shape index (κ2) is 10.1. The lowest BCUT2D eigenvalue weighted by molar-refractivity contribution is 0.0763. The zero-order valence-electron chi connectivity index (χ0n) is 16.2. The quantitative estimate of drug-likeness (QED) is 0.291. The maximum Gasteiger partial charge on any atom is 0.410 e. The molecular weight excluding hydrogens is 449 g/mol. The molecule has 1 amide bonds. The van der Waals surface area contributed by atoms with E-state index in [1.54, 1.807) is 36.1 Å². The average Bonchev–Trinajstić information content (AvgIpc) is 2.72. The summed E-state index contributed by atoms with van der Waals surface area (Å²) in [6.45, 7) is 2.96. The number of benzene rings is 2. The van der Waals surface area contributed by atoms with Crippen molar-refractivity contribution in [1.29, 1.82) is 0 Å². The normalized spacial score (nSPS) is 18.7. The standard InChI is InChI=1S/C20H20Cl3N5O2/c1-2-30-20(29)28-10-9-27(17-8-7-15(22)11-16(17)23)19(18(28)12-25-26-24)13-3-5-14(21)6-4-13/h3-8,11,18-19H,2,9-10,12H2,1H3. The van der Waals surface area contributed by atoms with Crippen molar-refractivity contribution in [2.75, 3.05) is 31.1 Å². The lowest BCUT2D eigenvalue weighted by atomic mass is 9.93. The Balaban J connectivity index is 2.11. The highest BCUT2D eigenvalue weighted by atomic mass is 35.5. The molecule has 0 spiro atoms. The predicted molar refractivity (Wildman–Crippen MR) is 120 cm³/mol. The molecule has 7 nitrogen and oxygen atoms in total. The summed E-state index contributed by atoms with van der Waals surface area (Å²) in [6.07, 6.45) is -0.448. The molecule has 0 bridgehead atoms. The third-order valence-electron chi connectivity index (χ3n) is 4.95. The highest BCUT2D eigenvalue weighted by Gasteiger charge is 2.40. The molecule has 2 aromatic rings. The minimum atomic E-state index is -0.471. The second-order valence-electron chi connectivity index (χ2n) is 6.66. The van der Waals surface area contributed by atoms with Gasteiger partial charge in [0.2, 0.25) is 0 Å². The molecule has 0 saturated carbocycles. The van der Waals surface area contributed by atoms with E-state index in [-0.39, 0.29) is 19.2 Å². The van der Waals surface area contributed by atoms with Crippen LogP contribution in [0.25, 0.3) is 10.4 Å². The van der Waals surface area contributed by atoms with E-state index in [1.165, 1.54) is 0 Å². The average molecular weight is 469 g/mol. The van der Waals surface area contributed by atoms with Gasteiger partial charge in [-0.1, -0.05) is 52.0 Å². The summed E-state index contributed by atoms with van der Waals surface area (Å²) in [5, 5.41) is 5.39. The van der Waals surface area contributed by atoms with Crippen LogP contribution >= 0.6 is 34.8 Å². The highest BCUT2D eigenvalue weighted by Crippen LogP contribution is 2.40. The van der Waals surface area contributed by atoms with Crippen LogP contribution in [0.5, 0.6) is 0 Å². The Hall–Kier alpha value is -2.31. The topological polar surface area (TPSA) is 81.5 Å². The zero-order valence-corrected chi connectivity index (χ0v) is 18.5. The Morgan fingerprint density at radius 1 is 1.17 bits per heavy atom. The first-order valence-electron chi connectivity index (χ1n) is 9.37. The van der Waals surface area contributed by atoms with Crippen molar-refractivity contribution >= 4 is 46.6 Å². The van der Waals surface area contributed by atoms with E-state index in [9.17, 15) is 4.79 Å². The number of hydrogen-bond acceptors (Lipinski definition) is 4. The summed E-state index contributed by atoms with van der Waals surface area (Å²) in [7, 11) is 0. The number of halogens is 3. The van der Waals surface area contributed by atoms with Gasteiger partial charge in [-0.05, 0) is 48.4 Å². The Bertz CT molecular complexity index is 950. The van der Waals surface area contributed by atoms with E-state index in [4.69, 9.17) is 45.1 Å². The molecule has 2 unspecified atom stereocenters. The van der Waals surface area contributed by atoms with Gasteiger partial charge in [0.25, 0.3) is 0 Å². The van der Waals surface area contributed by atoms with Crippen LogP contribution in [0.15, 0.2) is 47.6 Å². The van der Waals surface area contributed by atoms with Gasteiger partial charge in [0.1, 0.15) is 0 Å². The SMILES string of the molecule is CCOC(=O)N1CCN(c2ccc(Cl)cc2Cl)C(c2ccc(Cl)cc2)C1CN=[N+]=[N-]. The van der Waals surface area contributed by atoms with Crippen LogP contribution in [0.2, 0.25) is 15.1 Å². The lowest BCUT2D eigenvalue weighted by Crippen LogP contribution is -2.58. The fourth-order valence-corrected chi connectivity index (χ4v) is 4.34. The van der Waals surface area contributed by atoms with Crippen molar-refractivity contribution in [2.45, 2.75) is 19.0 Å². The first-order chi connectivity index (χ1) is 14.5. The van der Waals surface area contributed by atoms with E-state index in [0.717, 1.165) is 11.3 Å². The number of carbonyl (C=O) groups is 1. The molecule has 1 saturated heterocycles. The van der Waals surface area contributed by atoms with Crippen LogP contribution in [0.3, 0.4) is 0 Å². The van der Waals surface area contributed by atoms with E-state index in [0.29, 0.717) is 28.2 Å². The van der Waals surface area contributed by atoms with Crippen LogP contribution in [0.1, 0.15) is 18.5 Å². The Morgan fingerprint density at radius 3 is 2.50 bits per heavy atom. The summed E-state index contributed by atoms with van der Waals surface area (Å²) in [4.78, 5) is 19.2. The smallest absolute Gasteiger partial charge is 0.410 e. The zero-order chi connectivity index (χ0) is 21.7. The summed E-state index contributed by atoms with van der Waals surface area (Å²) >= 11 is 18.7. The van der Waals surface area contributed by atoms with Crippen LogP contribution in [0.4, 0.5) is 10.5 Å². The Labute approximate surface area is 189 Å². The monoisotopic (exact) mass is 467 g/mol. The van der Waals surface area contributed by atoms with E-state index in [1.807, 2.05) is 18.2 Å². The highest BCUT2D eigenvalue weighted by molar-refractivity contribution is 6.36. The van der Waals surface area contributed by atoms with E-state index >= 15 is 0 Å². The van der Waals surface area contributed by atoms with Crippen molar-refractivity contribution in [3.05, 3.63) is 73.5 Å². The minimum absolute atomic E-state index is 0.0737. The van der Waals surface area contributed by atoms with Gasteiger partial charge in [-0.15, -0.1) is 0 Å². The molecule has 0 aromatic heterocycles. The molecule has 1 aliphatic rings. The van der Waals surface area contributed by atoms with Gasteiger partial charge < -0.3 is 14.5 Å². The number of amides is 1. The number of ether oxygens (including phenoxy) is 1. The largest absolute Gasteiger partial charge is 0.450 e. The molecule has 3 rings (SSSR count). The summed E-state index contributed by atoms with van der Waals surface area (Å²) in [5.41, 5.74) is 10.6. The van der Waals surface area contributed by atoms with Crippen molar-refractivity contribution in [3.63, 3.8) is 0 Å². The molecule has 1 fully saturated rings. The third-order valence-corrected chi connectivity index (χ3v) is 5.74. The van der Waals surface area contributed by atoms with Gasteiger partial charge in [-0.3, -0.25) is 0 Å². The molecule has 158 valence electrons. The number of anilines is 1.